The summed E-state index contributed by atoms with van der Waals surface area (Å²) in [6.45, 7) is 3.93. The lowest BCUT2D eigenvalue weighted by molar-refractivity contribution is -0.123. The van der Waals surface area contributed by atoms with Gasteiger partial charge in [0.1, 0.15) is 6.33 Å². The summed E-state index contributed by atoms with van der Waals surface area (Å²) in [6, 6.07) is 3.42. The van der Waals surface area contributed by atoms with Gasteiger partial charge in [-0.1, -0.05) is 37.0 Å². The number of benzene rings is 1. The van der Waals surface area contributed by atoms with Gasteiger partial charge in [0.2, 0.25) is 5.88 Å². The van der Waals surface area contributed by atoms with Crippen molar-refractivity contribution in [3.05, 3.63) is 28.5 Å². The molecule has 0 fully saturated rings. The van der Waals surface area contributed by atoms with E-state index in [4.69, 9.17) is 27.9 Å². The van der Waals surface area contributed by atoms with Crippen LogP contribution in [0.4, 0.5) is 0 Å². The maximum Gasteiger partial charge on any atom is 0.258 e. The van der Waals surface area contributed by atoms with Crippen molar-refractivity contribution in [3.63, 3.8) is 0 Å². The van der Waals surface area contributed by atoms with Crippen molar-refractivity contribution in [1.82, 2.24) is 15.3 Å². The summed E-state index contributed by atoms with van der Waals surface area (Å²) in [6.07, 6.45) is 3.10. The molecule has 0 saturated heterocycles. The molecule has 0 aliphatic heterocycles. The number of nitrogens with zero attached hydrogens (tertiary/aromatic N) is 2. The zero-order valence-corrected chi connectivity index (χ0v) is 13.9. The van der Waals surface area contributed by atoms with Crippen LogP contribution >= 0.6 is 23.2 Å². The second kappa shape index (κ2) is 7.61. The molecule has 2 rings (SSSR count). The molecule has 0 aliphatic carbocycles. The molecule has 0 spiro atoms. The van der Waals surface area contributed by atoms with Gasteiger partial charge in [-0.25, -0.2) is 9.97 Å². The Hall–Kier alpha value is -1.59. The largest absolute Gasteiger partial charge is 0.467 e. The van der Waals surface area contributed by atoms with E-state index in [9.17, 15) is 4.79 Å². The first kappa shape index (κ1) is 16.8. The van der Waals surface area contributed by atoms with Gasteiger partial charge in [-0.3, -0.25) is 4.79 Å². The third kappa shape index (κ3) is 3.99. The Kier molecular flexibility index (Phi) is 5.80. The first-order chi connectivity index (χ1) is 10.5. The van der Waals surface area contributed by atoms with E-state index in [0.29, 0.717) is 20.9 Å². The van der Waals surface area contributed by atoms with Crippen LogP contribution in [0.2, 0.25) is 10.0 Å². The molecule has 0 atom stereocenters. The predicted molar refractivity (Wildman–Crippen MR) is 87.6 cm³/mol. The number of carbonyl (C=O) groups is 1. The molecule has 2 aromatic rings. The lowest BCUT2D eigenvalue weighted by Gasteiger charge is -2.15. The molecular formula is C15H17Cl2N3O2. The van der Waals surface area contributed by atoms with Gasteiger partial charge in [0, 0.05) is 11.1 Å². The quantitative estimate of drug-likeness (QED) is 0.871. The van der Waals surface area contributed by atoms with Gasteiger partial charge in [-0.05, 0) is 25.0 Å². The molecule has 1 aromatic heterocycles. The molecule has 1 N–H and O–H groups in total. The molecule has 1 heterocycles. The summed E-state index contributed by atoms with van der Waals surface area (Å²) in [7, 11) is 0. The third-order valence-electron chi connectivity index (χ3n) is 3.31. The normalized spacial score (nSPS) is 11.0. The fraction of sp³-hybridized carbons (Fsp3) is 0.400. The zero-order chi connectivity index (χ0) is 16.1. The molecular weight excluding hydrogens is 325 g/mol. The van der Waals surface area contributed by atoms with Crippen LogP contribution in [0.1, 0.15) is 26.7 Å². The molecule has 0 aliphatic rings. The zero-order valence-electron chi connectivity index (χ0n) is 12.4. The van der Waals surface area contributed by atoms with Crippen molar-refractivity contribution in [3.8, 4) is 5.88 Å². The minimum Gasteiger partial charge on any atom is -0.467 e. The number of fused-ring (bicyclic) bond motifs is 1. The minimum absolute atomic E-state index is 0.118. The maximum absolute atomic E-state index is 11.9. The maximum atomic E-state index is 11.9. The van der Waals surface area contributed by atoms with Crippen molar-refractivity contribution in [1.29, 1.82) is 0 Å². The Labute approximate surface area is 139 Å². The smallest absolute Gasteiger partial charge is 0.258 e. The Morgan fingerprint density at radius 2 is 2.00 bits per heavy atom. The van der Waals surface area contributed by atoms with Crippen LogP contribution in [0.25, 0.3) is 10.9 Å². The summed E-state index contributed by atoms with van der Waals surface area (Å²) in [5.74, 6) is 0.0997. The summed E-state index contributed by atoms with van der Waals surface area (Å²) in [5, 5.41) is 4.35. The van der Waals surface area contributed by atoms with E-state index >= 15 is 0 Å². The van der Waals surface area contributed by atoms with Crippen molar-refractivity contribution in [2.75, 3.05) is 6.61 Å². The molecule has 22 heavy (non-hydrogen) atoms. The number of hydrogen-bond acceptors (Lipinski definition) is 4. The van der Waals surface area contributed by atoms with Crippen LogP contribution in [0.15, 0.2) is 18.5 Å². The van der Waals surface area contributed by atoms with E-state index in [-0.39, 0.29) is 24.4 Å². The van der Waals surface area contributed by atoms with Crippen LogP contribution in [0.3, 0.4) is 0 Å². The van der Waals surface area contributed by atoms with Gasteiger partial charge in [0.05, 0.1) is 15.9 Å². The topological polar surface area (TPSA) is 64.1 Å². The van der Waals surface area contributed by atoms with E-state index in [0.717, 1.165) is 12.8 Å². The molecule has 0 saturated carbocycles. The van der Waals surface area contributed by atoms with Crippen molar-refractivity contribution in [2.45, 2.75) is 32.7 Å². The number of carbonyl (C=O) groups excluding carboxylic acids is 1. The molecule has 1 aromatic carbocycles. The predicted octanol–water partition coefficient (Wildman–Crippen LogP) is 3.62. The van der Waals surface area contributed by atoms with E-state index in [1.54, 1.807) is 12.1 Å². The minimum atomic E-state index is -0.186. The highest BCUT2D eigenvalue weighted by Gasteiger charge is 2.13. The van der Waals surface area contributed by atoms with Gasteiger partial charge in [-0.2, -0.15) is 0 Å². The first-order valence-corrected chi connectivity index (χ1v) is 7.82. The number of aromatic nitrogens is 2. The highest BCUT2D eigenvalue weighted by molar-refractivity contribution is 6.38. The lowest BCUT2D eigenvalue weighted by atomic mass is 10.2. The molecule has 0 unspecified atom stereocenters. The van der Waals surface area contributed by atoms with Gasteiger partial charge < -0.3 is 10.1 Å². The van der Waals surface area contributed by atoms with E-state index in [2.05, 4.69) is 15.3 Å². The summed E-state index contributed by atoms with van der Waals surface area (Å²) >= 11 is 12.1. The Morgan fingerprint density at radius 1 is 1.27 bits per heavy atom. The van der Waals surface area contributed by atoms with Gasteiger partial charge in [0.25, 0.3) is 5.91 Å². The van der Waals surface area contributed by atoms with Crippen molar-refractivity contribution < 1.29 is 9.53 Å². The fourth-order valence-corrected chi connectivity index (χ4v) is 2.62. The number of nitrogens with one attached hydrogen (secondary N) is 1. The van der Waals surface area contributed by atoms with Crippen molar-refractivity contribution >= 4 is 40.0 Å². The van der Waals surface area contributed by atoms with Gasteiger partial charge in [0.15, 0.2) is 6.61 Å². The molecule has 5 nitrogen and oxygen atoms in total. The number of ether oxygens (including phenoxy) is 1. The summed E-state index contributed by atoms with van der Waals surface area (Å²) in [4.78, 5) is 20.0. The first-order valence-electron chi connectivity index (χ1n) is 7.07. The van der Waals surface area contributed by atoms with Crippen LogP contribution in [0.5, 0.6) is 5.88 Å². The number of halogens is 2. The highest BCUT2D eigenvalue weighted by atomic mass is 35.5. The molecule has 0 radical (unpaired) electrons. The van der Waals surface area contributed by atoms with Crippen LogP contribution < -0.4 is 10.1 Å². The fourth-order valence-electron chi connectivity index (χ4n) is 2.08. The number of amides is 1. The highest BCUT2D eigenvalue weighted by Crippen LogP contribution is 2.30. The molecule has 1 amide bonds. The standard InChI is InChI=1S/C15H17Cl2N3O2/c1-3-10(4-2)20-13(21)7-22-15-11-5-9(16)6-12(17)14(11)18-8-19-15/h5-6,8,10H,3-4,7H2,1-2H3,(H,20,21). The summed E-state index contributed by atoms with van der Waals surface area (Å²) in [5.41, 5.74) is 0.538. The van der Waals surface area contributed by atoms with E-state index in [1.165, 1.54) is 6.33 Å². The number of rotatable bonds is 6. The Balaban J connectivity index is 2.13. The Bertz CT molecular complexity index is 675. The third-order valence-corrected chi connectivity index (χ3v) is 3.82. The molecule has 0 bridgehead atoms. The molecule has 118 valence electrons. The lowest BCUT2D eigenvalue weighted by Crippen LogP contribution is -2.37. The average Bonchev–Trinajstić information content (AvgIpc) is 2.50. The van der Waals surface area contributed by atoms with E-state index in [1.807, 2.05) is 13.8 Å². The van der Waals surface area contributed by atoms with E-state index < -0.39 is 0 Å². The Morgan fingerprint density at radius 3 is 2.68 bits per heavy atom. The second-order valence-corrected chi connectivity index (χ2v) is 5.68. The van der Waals surface area contributed by atoms with Crippen LogP contribution in [-0.2, 0) is 4.79 Å². The second-order valence-electron chi connectivity index (χ2n) is 4.83. The SMILES string of the molecule is CCC(CC)NC(=O)COc1ncnc2c(Cl)cc(Cl)cc12. The van der Waals surface area contributed by atoms with Crippen molar-refractivity contribution in [2.24, 2.45) is 0 Å². The molecule has 7 heteroatoms. The number of hydrogen-bond donors (Lipinski definition) is 1. The average molecular weight is 342 g/mol. The van der Waals surface area contributed by atoms with Gasteiger partial charge in [-0.15, -0.1) is 0 Å². The van der Waals surface area contributed by atoms with Gasteiger partial charge >= 0.3 is 0 Å². The summed E-state index contributed by atoms with van der Waals surface area (Å²) < 4.78 is 5.50. The monoisotopic (exact) mass is 341 g/mol. The van der Waals surface area contributed by atoms with Crippen LogP contribution in [-0.4, -0.2) is 28.5 Å². The van der Waals surface area contributed by atoms with Crippen LogP contribution in [0, 0.1) is 0 Å².